The number of aryl methyl sites for hydroxylation is 1. The second kappa shape index (κ2) is 9.27. The molecule has 0 fully saturated rings. The van der Waals surface area contributed by atoms with E-state index in [9.17, 15) is 4.79 Å². The number of carbonyl (C=O) groups is 1. The van der Waals surface area contributed by atoms with Gasteiger partial charge in [0.25, 0.3) is 5.91 Å². The highest BCUT2D eigenvalue weighted by Gasteiger charge is 2.21. The van der Waals surface area contributed by atoms with Crippen molar-refractivity contribution in [3.63, 3.8) is 0 Å². The molecule has 0 saturated heterocycles. The van der Waals surface area contributed by atoms with Crippen LogP contribution in [0.1, 0.15) is 44.4 Å². The van der Waals surface area contributed by atoms with Crippen LogP contribution in [0.5, 0.6) is 11.5 Å². The second-order valence-electron chi connectivity index (χ2n) is 7.04. The van der Waals surface area contributed by atoms with Gasteiger partial charge in [-0.15, -0.1) is 0 Å². The van der Waals surface area contributed by atoms with E-state index in [1.54, 1.807) is 14.0 Å². The first-order valence-corrected chi connectivity index (χ1v) is 9.06. The fourth-order valence-corrected chi connectivity index (χ4v) is 2.82. The molecule has 0 aliphatic carbocycles. The van der Waals surface area contributed by atoms with Crippen LogP contribution in [0.25, 0.3) is 0 Å². The Morgan fingerprint density at radius 2 is 1.73 bits per heavy atom. The number of ether oxygens (including phenoxy) is 2. The molecule has 0 heterocycles. The smallest absolute Gasteiger partial charge is 0.261 e. The number of nitrogens with one attached hydrogen (secondary N) is 1. The van der Waals surface area contributed by atoms with Gasteiger partial charge < -0.3 is 14.8 Å². The Bertz CT molecular complexity index is 710. The maximum atomic E-state index is 12.7. The standard InChI is InChI=1S/C22H29NO3/c1-15(2)13-21(18-9-11-19(25-5)12-10-18)23-22(24)17(4)26-20-8-6-7-16(3)14-20/h6-12,14-15,17,21H,13H2,1-5H3,(H,23,24)/t17-,21+/m1/s1. The molecule has 0 radical (unpaired) electrons. The van der Waals surface area contributed by atoms with Gasteiger partial charge in [-0.25, -0.2) is 0 Å². The summed E-state index contributed by atoms with van der Waals surface area (Å²) in [4.78, 5) is 12.7. The van der Waals surface area contributed by atoms with E-state index in [2.05, 4.69) is 19.2 Å². The molecule has 0 aromatic heterocycles. The van der Waals surface area contributed by atoms with Crippen molar-refractivity contribution in [2.75, 3.05) is 7.11 Å². The van der Waals surface area contributed by atoms with Crippen molar-refractivity contribution in [3.05, 3.63) is 59.7 Å². The van der Waals surface area contributed by atoms with Crippen LogP contribution in [0.3, 0.4) is 0 Å². The van der Waals surface area contributed by atoms with Crippen LogP contribution in [0.15, 0.2) is 48.5 Å². The molecular weight excluding hydrogens is 326 g/mol. The van der Waals surface area contributed by atoms with Crippen molar-refractivity contribution in [1.82, 2.24) is 5.32 Å². The lowest BCUT2D eigenvalue weighted by Crippen LogP contribution is -2.39. The molecule has 0 aliphatic heterocycles. The number of amides is 1. The third-order valence-corrected chi connectivity index (χ3v) is 4.21. The fraction of sp³-hybridized carbons (Fsp3) is 0.409. The molecule has 2 rings (SSSR count). The highest BCUT2D eigenvalue weighted by molar-refractivity contribution is 5.81. The average Bonchev–Trinajstić information content (AvgIpc) is 2.60. The summed E-state index contributed by atoms with van der Waals surface area (Å²) in [5, 5.41) is 3.13. The molecule has 0 bridgehead atoms. The first kappa shape index (κ1) is 19.8. The number of methoxy groups -OCH3 is 1. The van der Waals surface area contributed by atoms with Crippen molar-refractivity contribution in [1.29, 1.82) is 0 Å². The van der Waals surface area contributed by atoms with Crippen LogP contribution in [0, 0.1) is 12.8 Å². The third-order valence-electron chi connectivity index (χ3n) is 4.21. The van der Waals surface area contributed by atoms with Crippen molar-refractivity contribution >= 4 is 5.91 Å². The van der Waals surface area contributed by atoms with E-state index in [0.29, 0.717) is 11.7 Å². The van der Waals surface area contributed by atoms with Crippen LogP contribution in [-0.2, 0) is 4.79 Å². The SMILES string of the molecule is COc1ccc([C@H](CC(C)C)NC(=O)[C@@H](C)Oc2cccc(C)c2)cc1. The molecule has 2 atom stereocenters. The molecule has 1 N–H and O–H groups in total. The quantitative estimate of drug-likeness (QED) is 0.748. The van der Waals surface area contributed by atoms with Gasteiger partial charge >= 0.3 is 0 Å². The Hall–Kier alpha value is -2.49. The molecular formula is C22H29NO3. The van der Waals surface area contributed by atoms with E-state index >= 15 is 0 Å². The zero-order valence-corrected chi connectivity index (χ0v) is 16.3. The average molecular weight is 355 g/mol. The molecule has 1 amide bonds. The van der Waals surface area contributed by atoms with Crippen LogP contribution in [-0.4, -0.2) is 19.1 Å². The van der Waals surface area contributed by atoms with Gasteiger partial charge in [-0.05, 0) is 61.6 Å². The number of rotatable bonds is 8. The van der Waals surface area contributed by atoms with Gasteiger partial charge in [0.1, 0.15) is 11.5 Å². The van der Waals surface area contributed by atoms with Crippen molar-refractivity contribution in [3.8, 4) is 11.5 Å². The molecule has 0 spiro atoms. The van der Waals surface area contributed by atoms with Gasteiger partial charge in [0, 0.05) is 0 Å². The van der Waals surface area contributed by atoms with Crippen molar-refractivity contribution in [2.24, 2.45) is 5.92 Å². The molecule has 0 unspecified atom stereocenters. The third kappa shape index (κ3) is 5.80. The van der Waals surface area contributed by atoms with Crippen LogP contribution in [0.4, 0.5) is 0 Å². The van der Waals surface area contributed by atoms with Crippen molar-refractivity contribution in [2.45, 2.75) is 46.3 Å². The maximum absolute atomic E-state index is 12.7. The first-order chi connectivity index (χ1) is 12.4. The van der Waals surface area contributed by atoms with Crippen LogP contribution < -0.4 is 14.8 Å². The minimum absolute atomic E-state index is 0.0584. The minimum Gasteiger partial charge on any atom is -0.497 e. The van der Waals surface area contributed by atoms with E-state index < -0.39 is 6.10 Å². The topological polar surface area (TPSA) is 47.6 Å². The summed E-state index contributed by atoms with van der Waals surface area (Å²) in [5.74, 6) is 1.85. The minimum atomic E-state index is -0.565. The first-order valence-electron chi connectivity index (χ1n) is 9.06. The summed E-state index contributed by atoms with van der Waals surface area (Å²) in [6.45, 7) is 8.07. The van der Waals surface area contributed by atoms with E-state index in [-0.39, 0.29) is 11.9 Å². The zero-order valence-electron chi connectivity index (χ0n) is 16.3. The molecule has 26 heavy (non-hydrogen) atoms. The highest BCUT2D eigenvalue weighted by Crippen LogP contribution is 2.24. The molecule has 0 aliphatic rings. The summed E-state index contributed by atoms with van der Waals surface area (Å²) in [5.41, 5.74) is 2.17. The molecule has 140 valence electrons. The van der Waals surface area contributed by atoms with E-state index in [1.807, 2.05) is 55.5 Å². The van der Waals surface area contributed by atoms with Gasteiger partial charge in [-0.3, -0.25) is 4.79 Å². The molecule has 4 nitrogen and oxygen atoms in total. The van der Waals surface area contributed by atoms with Gasteiger partial charge in [0.15, 0.2) is 6.10 Å². The highest BCUT2D eigenvalue weighted by atomic mass is 16.5. The van der Waals surface area contributed by atoms with Gasteiger partial charge in [-0.2, -0.15) is 0 Å². The lowest BCUT2D eigenvalue weighted by molar-refractivity contribution is -0.128. The summed E-state index contributed by atoms with van der Waals surface area (Å²) in [6.07, 6.45) is 0.291. The van der Waals surface area contributed by atoms with Crippen LogP contribution >= 0.6 is 0 Å². The van der Waals surface area contributed by atoms with E-state index in [1.165, 1.54) is 0 Å². The lowest BCUT2D eigenvalue weighted by Gasteiger charge is -2.24. The predicted octanol–water partition coefficient (Wildman–Crippen LogP) is 4.67. The molecule has 2 aromatic carbocycles. The second-order valence-corrected chi connectivity index (χ2v) is 7.04. The largest absolute Gasteiger partial charge is 0.497 e. The summed E-state index contributed by atoms with van der Waals surface area (Å²) >= 11 is 0. The number of benzene rings is 2. The number of hydrogen-bond donors (Lipinski definition) is 1. The fourth-order valence-electron chi connectivity index (χ4n) is 2.82. The van der Waals surface area contributed by atoms with Gasteiger partial charge in [0.2, 0.25) is 0 Å². The zero-order chi connectivity index (χ0) is 19.1. The summed E-state index contributed by atoms with van der Waals surface area (Å²) in [6, 6.07) is 15.5. The van der Waals surface area contributed by atoms with Gasteiger partial charge in [-0.1, -0.05) is 38.1 Å². The lowest BCUT2D eigenvalue weighted by atomic mass is 9.96. The summed E-state index contributed by atoms with van der Waals surface area (Å²) < 4.78 is 11.0. The summed E-state index contributed by atoms with van der Waals surface area (Å²) in [7, 11) is 1.65. The monoisotopic (exact) mass is 355 g/mol. The van der Waals surface area contributed by atoms with E-state index in [0.717, 1.165) is 23.3 Å². The van der Waals surface area contributed by atoms with E-state index in [4.69, 9.17) is 9.47 Å². The Balaban J connectivity index is 2.07. The van der Waals surface area contributed by atoms with Gasteiger partial charge in [0.05, 0.1) is 13.2 Å². The Morgan fingerprint density at radius 3 is 2.31 bits per heavy atom. The number of carbonyl (C=O) groups excluding carboxylic acids is 1. The molecule has 0 saturated carbocycles. The maximum Gasteiger partial charge on any atom is 0.261 e. The van der Waals surface area contributed by atoms with Crippen LogP contribution in [0.2, 0.25) is 0 Å². The molecule has 4 heteroatoms. The predicted molar refractivity (Wildman–Crippen MR) is 105 cm³/mol. The molecule has 2 aromatic rings. The Labute approximate surface area is 156 Å². The van der Waals surface area contributed by atoms with Crippen molar-refractivity contribution < 1.29 is 14.3 Å². The normalized spacial score (nSPS) is 13.2. The Morgan fingerprint density at radius 1 is 1.04 bits per heavy atom. The number of hydrogen-bond acceptors (Lipinski definition) is 3. The Kier molecular flexibility index (Phi) is 7.07.